The molecule has 1 aromatic carbocycles. The lowest BCUT2D eigenvalue weighted by molar-refractivity contribution is -0.0914. The number of benzene rings is 1. The van der Waals surface area contributed by atoms with Gasteiger partial charge in [-0.1, -0.05) is 37.3 Å². The van der Waals surface area contributed by atoms with E-state index >= 15 is 0 Å². The van der Waals surface area contributed by atoms with Crippen molar-refractivity contribution in [1.82, 2.24) is 9.78 Å². The summed E-state index contributed by atoms with van der Waals surface area (Å²) in [6.45, 7) is 2.90. The zero-order valence-electron chi connectivity index (χ0n) is 15.0. The van der Waals surface area contributed by atoms with Crippen molar-refractivity contribution >= 4 is 5.82 Å². The lowest BCUT2D eigenvalue weighted by atomic mass is 9.77. The maximum absolute atomic E-state index is 5.28. The van der Waals surface area contributed by atoms with Gasteiger partial charge in [-0.05, 0) is 24.3 Å². The van der Waals surface area contributed by atoms with Crippen LogP contribution < -0.4 is 5.32 Å². The first-order valence-corrected chi connectivity index (χ1v) is 8.54. The van der Waals surface area contributed by atoms with E-state index in [2.05, 4.69) is 42.6 Å². The molecular formula is C19H27N3O2. The third-order valence-electron chi connectivity index (χ3n) is 4.90. The van der Waals surface area contributed by atoms with Gasteiger partial charge in [-0.2, -0.15) is 5.10 Å². The number of aromatic nitrogens is 2. The van der Waals surface area contributed by atoms with Crippen molar-refractivity contribution in [3.8, 4) is 0 Å². The minimum absolute atomic E-state index is 0.277. The van der Waals surface area contributed by atoms with Gasteiger partial charge in [0.1, 0.15) is 0 Å². The molecule has 24 heavy (non-hydrogen) atoms. The lowest BCUT2D eigenvalue weighted by Gasteiger charge is -2.29. The van der Waals surface area contributed by atoms with E-state index in [0.717, 1.165) is 18.7 Å². The molecule has 0 saturated carbocycles. The monoisotopic (exact) mass is 329 g/mol. The molecule has 5 heteroatoms. The van der Waals surface area contributed by atoms with E-state index in [-0.39, 0.29) is 6.29 Å². The Morgan fingerprint density at radius 3 is 2.62 bits per heavy atom. The number of rotatable bonds is 6. The van der Waals surface area contributed by atoms with Gasteiger partial charge in [0.05, 0.1) is 6.54 Å². The first-order valence-electron chi connectivity index (χ1n) is 8.54. The number of methoxy groups -OCH3 is 2. The number of hydrogen-bond donors (Lipinski definition) is 1. The summed E-state index contributed by atoms with van der Waals surface area (Å²) in [5.74, 6) is 1.98. The Kier molecular flexibility index (Phi) is 5.21. The highest BCUT2D eigenvalue weighted by Crippen LogP contribution is 2.42. The van der Waals surface area contributed by atoms with E-state index in [1.807, 2.05) is 11.7 Å². The number of anilines is 1. The third-order valence-corrected chi connectivity index (χ3v) is 4.90. The van der Waals surface area contributed by atoms with Crippen LogP contribution in [0.25, 0.3) is 0 Å². The van der Waals surface area contributed by atoms with Gasteiger partial charge < -0.3 is 14.8 Å². The average molecular weight is 329 g/mol. The molecule has 1 N–H and O–H groups in total. The van der Waals surface area contributed by atoms with Gasteiger partial charge in [0, 0.05) is 38.4 Å². The second-order valence-corrected chi connectivity index (χ2v) is 6.62. The molecule has 0 saturated heterocycles. The molecule has 3 rings (SSSR count). The van der Waals surface area contributed by atoms with Crippen LogP contribution in [-0.2, 0) is 22.9 Å². The lowest BCUT2D eigenvalue weighted by Crippen LogP contribution is -2.25. The third kappa shape index (κ3) is 3.32. The first kappa shape index (κ1) is 17.0. The summed E-state index contributed by atoms with van der Waals surface area (Å²) in [5, 5.41) is 8.17. The Hall–Kier alpha value is -1.85. The quantitative estimate of drug-likeness (QED) is 0.827. The number of nitrogens with one attached hydrogen (secondary N) is 1. The summed E-state index contributed by atoms with van der Waals surface area (Å²) in [6, 6.07) is 10.7. The van der Waals surface area contributed by atoms with Gasteiger partial charge in [0.2, 0.25) is 0 Å². The summed E-state index contributed by atoms with van der Waals surface area (Å²) in [6.07, 6.45) is 1.94. The predicted molar refractivity (Wildman–Crippen MR) is 95.3 cm³/mol. The van der Waals surface area contributed by atoms with Crippen molar-refractivity contribution in [2.45, 2.75) is 32.0 Å². The second kappa shape index (κ2) is 7.36. The highest BCUT2D eigenvalue weighted by molar-refractivity contribution is 5.54. The summed E-state index contributed by atoms with van der Waals surface area (Å²) in [4.78, 5) is 0. The highest BCUT2D eigenvalue weighted by atomic mass is 16.7. The van der Waals surface area contributed by atoms with Crippen molar-refractivity contribution in [1.29, 1.82) is 0 Å². The Bertz CT molecular complexity index is 665. The maximum Gasteiger partial charge on any atom is 0.173 e. The molecular weight excluding hydrogens is 302 g/mol. The van der Waals surface area contributed by atoms with Gasteiger partial charge in [0.15, 0.2) is 12.1 Å². The smallest absolute Gasteiger partial charge is 0.173 e. The van der Waals surface area contributed by atoms with E-state index in [0.29, 0.717) is 18.4 Å². The molecule has 1 aromatic heterocycles. The number of ether oxygens (including phenoxy) is 2. The van der Waals surface area contributed by atoms with Crippen molar-refractivity contribution in [2.75, 3.05) is 26.1 Å². The number of fused-ring (bicyclic) bond motifs is 1. The molecule has 130 valence electrons. The zero-order chi connectivity index (χ0) is 17.1. The molecule has 2 unspecified atom stereocenters. The van der Waals surface area contributed by atoms with Crippen LogP contribution in [-0.4, -0.2) is 36.8 Å². The van der Waals surface area contributed by atoms with E-state index in [1.165, 1.54) is 16.8 Å². The van der Waals surface area contributed by atoms with Gasteiger partial charge in [-0.25, -0.2) is 0 Å². The molecule has 0 fully saturated rings. The molecule has 1 aliphatic rings. The first-order chi connectivity index (χ1) is 11.6. The molecule has 1 heterocycles. The maximum atomic E-state index is 5.28. The fourth-order valence-electron chi connectivity index (χ4n) is 3.68. The summed E-state index contributed by atoms with van der Waals surface area (Å²) >= 11 is 0. The second-order valence-electron chi connectivity index (χ2n) is 6.62. The van der Waals surface area contributed by atoms with Crippen molar-refractivity contribution in [2.24, 2.45) is 13.0 Å². The topological polar surface area (TPSA) is 48.3 Å². The van der Waals surface area contributed by atoms with Crippen LogP contribution in [0.5, 0.6) is 0 Å². The van der Waals surface area contributed by atoms with Gasteiger partial charge >= 0.3 is 0 Å². The fourth-order valence-corrected chi connectivity index (χ4v) is 3.68. The average Bonchev–Trinajstić information content (AvgIpc) is 2.92. The van der Waals surface area contributed by atoms with Crippen LogP contribution in [0.2, 0.25) is 0 Å². The zero-order valence-corrected chi connectivity index (χ0v) is 15.0. The number of aryl methyl sites for hydroxylation is 1. The molecule has 0 amide bonds. The molecule has 0 bridgehead atoms. The van der Waals surface area contributed by atoms with Crippen molar-refractivity contribution < 1.29 is 9.47 Å². The summed E-state index contributed by atoms with van der Waals surface area (Å²) in [7, 11) is 5.34. The Morgan fingerprint density at radius 1 is 1.25 bits per heavy atom. The van der Waals surface area contributed by atoms with Crippen LogP contribution in [0.3, 0.4) is 0 Å². The van der Waals surface area contributed by atoms with Crippen molar-refractivity contribution in [3.63, 3.8) is 0 Å². The van der Waals surface area contributed by atoms with Crippen LogP contribution in [0.15, 0.2) is 30.3 Å². The van der Waals surface area contributed by atoms with Gasteiger partial charge in [0.25, 0.3) is 0 Å². The Morgan fingerprint density at radius 2 is 1.96 bits per heavy atom. The van der Waals surface area contributed by atoms with E-state index in [4.69, 9.17) is 14.6 Å². The minimum atomic E-state index is -0.277. The molecule has 0 radical (unpaired) electrons. The van der Waals surface area contributed by atoms with Crippen LogP contribution in [0.4, 0.5) is 5.82 Å². The van der Waals surface area contributed by atoms with Crippen LogP contribution in [0.1, 0.15) is 36.1 Å². The van der Waals surface area contributed by atoms with E-state index < -0.39 is 0 Å². The SMILES string of the molecule is COC(CNc1nn(C)c2c1C(c1ccccc1)CC(C)C2)OC. The van der Waals surface area contributed by atoms with Crippen LogP contribution in [0, 0.1) is 5.92 Å². The number of nitrogens with zero attached hydrogens (tertiary/aromatic N) is 2. The molecule has 2 aromatic rings. The Labute approximate surface area is 144 Å². The minimum Gasteiger partial charge on any atom is -0.363 e. The Balaban J connectivity index is 1.94. The molecule has 1 aliphatic carbocycles. The predicted octanol–water partition coefficient (Wildman–Crippen LogP) is 3.17. The normalized spacial score (nSPS) is 20.2. The van der Waals surface area contributed by atoms with Crippen LogP contribution >= 0.6 is 0 Å². The largest absolute Gasteiger partial charge is 0.363 e. The molecule has 2 atom stereocenters. The molecule has 5 nitrogen and oxygen atoms in total. The molecule has 0 spiro atoms. The van der Waals surface area contributed by atoms with E-state index in [1.54, 1.807) is 14.2 Å². The summed E-state index contributed by atoms with van der Waals surface area (Å²) < 4.78 is 12.6. The van der Waals surface area contributed by atoms with Gasteiger partial charge in [-0.15, -0.1) is 0 Å². The van der Waals surface area contributed by atoms with Crippen molar-refractivity contribution in [3.05, 3.63) is 47.2 Å². The standard InChI is InChI=1S/C19H27N3O2/c1-13-10-15(14-8-6-5-7-9-14)18-16(11-13)22(2)21-19(18)20-12-17(23-3)24-4/h5-9,13,15,17H,10-12H2,1-4H3,(H,20,21). The highest BCUT2D eigenvalue weighted by Gasteiger charge is 2.32. The van der Waals surface area contributed by atoms with E-state index in [9.17, 15) is 0 Å². The molecule has 0 aliphatic heterocycles. The summed E-state index contributed by atoms with van der Waals surface area (Å²) in [5.41, 5.74) is 4.01. The fraction of sp³-hybridized carbons (Fsp3) is 0.526. The van der Waals surface area contributed by atoms with Gasteiger partial charge in [-0.3, -0.25) is 4.68 Å². The number of hydrogen-bond acceptors (Lipinski definition) is 4.